The lowest BCUT2D eigenvalue weighted by atomic mass is 10.1. The van der Waals surface area contributed by atoms with E-state index >= 15 is 0 Å². The van der Waals surface area contributed by atoms with E-state index < -0.39 is 11.2 Å². The summed E-state index contributed by atoms with van der Waals surface area (Å²) in [6, 6.07) is 5.40. The van der Waals surface area contributed by atoms with E-state index in [0.29, 0.717) is 11.4 Å². The summed E-state index contributed by atoms with van der Waals surface area (Å²) >= 11 is 0. The highest BCUT2D eigenvalue weighted by atomic mass is 16.6. The van der Waals surface area contributed by atoms with Crippen molar-refractivity contribution in [3.63, 3.8) is 0 Å². The number of fused-ring (bicyclic) bond motifs is 1. The summed E-state index contributed by atoms with van der Waals surface area (Å²) in [5, 5.41) is 29.0. The zero-order chi connectivity index (χ0) is 18.3. The second-order valence-electron chi connectivity index (χ2n) is 7.49. The van der Waals surface area contributed by atoms with Crippen LogP contribution in [0.5, 0.6) is 17.4 Å². The average Bonchev–Trinajstić information content (AvgIpc) is 2.68. The average molecular weight is 327 g/mol. The number of hydrogen-bond donors (Lipinski definition) is 1. The second-order valence-corrected chi connectivity index (χ2v) is 7.49. The molecule has 2 aromatic heterocycles. The number of pyridine rings is 1. The SMILES string of the molecule is CC(C)(C)Oc1c(O)c2cc(C#N)c(C#N)cn2c1OC(C)(C)C. The molecule has 0 bridgehead atoms. The van der Waals surface area contributed by atoms with E-state index in [9.17, 15) is 15.6 Å². The van der Waals surface area contributed by atoms with Crippen molar-refractivity contribution >= 4 is 5.52 Å². The van der Waals surface area contributed by atoms with E-state index in [1.165, 1.54) is 12.3 Å². The van der Waals surface area contributed by atoms with Crippen LogP contribution in [0.4, 0.5) is 0 Å². The molecular formula is C18H21N3O3. The van der Waals surface area contributed by atoms with Crippen LogP contribution in [-0.4, -0.2) is 20.7 Å². The molecule has 0 saturated carbocycles. The van der Waals surface area contributed by atoms with E-state index in [-0.39, 0.29) is 22.6 Å². The van der Waals surface area contributed by atoms with Gasteiger partial charge in [0.1, 0.15) is 23.3 Å². The topological polar surface area (TPSA) is 90.7 Å². The van der Waals surface area contributed by atoms with Gasteiger partial charge in [-0.1, -0.05) is 0 Å². The maximum Gasteiger partial charge on any atom is 0.246 e. The fraction of sp³-hybridized carbons (Fsp3) is 0.444. The number of aromatic hydroxyl groups is 1. The minimum absolute atomic E-state index is 0.120. The molecule has 0 radical (unpaired) electrons. The molecule has 0 saturated heterocycles. The molecule has 0 fully saturated rings. The Balaban J connectivity index is 2.84. The summed E-state index contributed by atoms with van der Waals surface area (Å²) in [4.78, 5) is 0. The Kier molecular flexibility index (Phi) is 4.12. The minimum atomic E-state index is -0.561. The Labute approximate surface area is 141 Å². The number of nitrogens with zero attached hydrogens (tertiary/aromatic N) is 3. The third-order valence-electron chi connectivity index (χ3n) is 3.01. The number of ether oxygens (including phenoxy) is 2. The van der Waals surface area contributed by atoms with Crippen molar-refractivity contribution in [3.8, 4) is 29.5 Å². The van der Waals surface area contributed by atoms with Gasteiger partial charge < -0.3 is 14.6 Å². The third kappa shape index (κ3) is 3.38. The van der Waals surface area contributed by atoms with Gasteiger partial charge >= 0.3 is 0 Å². The van der Waals surface area contributed by atoms with Crippen LogP contribution in [0.15, 0.2) is 12.3 Å². The van der Waals surface area contributed by atoms with Crippen molar-refractivity contribution in [1.82, 2.24) is 4.40 Å². The fourth-order valence-corrected chi connectivity index (χ4v) is 2.20. The summed E-state index contributed by atoms with van der Waals surface area (Å²) in [7, 11) is 0. The molecule has 1 N–H and O–H groups in total. The molecule has 2 heterocycles. The highest BCUT2D eigenvalue weighted by molar-refractivity contribution is 5.74. The number of hydrogen-bond acceptors (Lipinski definition) is 5. The Morgan fingerprint density at radius 2 is 1.50 bits per heavy atom. The molecule has 2 aromatic rings. The van der Waals surface area contributed by atoms with Gasteiger partial charge in [0.05, 0.1) is 16.6 Å². The normalized spacial score (nSPS) is 11.8. The van der Waals surface area contributed by atoms with Crippen LogP contribution in [0.3, 0.4) is 0 Å². The van der Waals surface area contributed by atoms with Gasteiger partial charge in [-0.3, -0.25) is 4.40 Å². The molecule has 24 heavy (non-hydrogen) atoms. The van der Waals surface area contributed by atoms with Crippen LogP contribution in [0.1, 0.15) is 52.7 Å². The standard InChI is InChI=1S/C18H21N3O3/c1-17(2,3)23-15-14(22)13-7-11(8-19)12(9-20)10-21(13)16(15)24-18(4,5)6/h7,10,22H,1-6H3. The maximum atomic E-state index is 10.6. The second kappa shape index (κ2) is 5.65. The van der Waals surface area contributed by atoms with Crippen LogP contribution in [-0.2, 0) is 0 Å². The van der Waals surface area contributed by atoms with Gasteiger partial charge in [-0.15, -0.1) is 0 Å². The lowest BCUT2D eigenvalue weighted by molar-refractivity contribution is 0.0890. The van der Waals surface area contributed by atoms with Crippen LogP contribution in [0.2, 0.25) is 0 Å². The molecule has 0 aliphatic rings. The van der Waals surface area contributed by atoms with Gasteiger partial charge in [0.15, 0.2) is 5.75 Å². The van der Waals surface area contributed by atoms with Crippen molar-refractivity contribution in [2.45, 2.75) is 52.7 Å². The van der Waals surface area contributed by atoms with Gasteiger partial charge in [-0.05, 0) is 47.6 Å². The molecule has 0 unspecified atom stereocenters. The van der Waals surface area contributed by atoms with Gasteiger partial charge in [-0.25, -0.2) is 0 Å². The molecule has 0 aromatic carbocycles. The summed E-state index contributed by atoms with van der Waals surface area (Å²) in [5.41, 5.74) is -0.376. The molecule has 0 spiro atoms. The van der Waals surface area contributed by atoms with Gasteiger partial charge in [0.2, 0.25) is 11.6 Å². The smallest absolute Gasteiger partial charge is 0.246 e. The first-order chi connectivity index (χ1) is 11.0. The van der Waals surface area contributed by atoms with Crippen LogP contribution in [0, 0.1) is 22.7 Å². The van der Waals surface area contributed by atoms with E-state index in [0.717, 1.165) is 0 Å². The van der Waals surface area contributed by atoms with Crippen molar-refractivity contribution in [2.24, 2.45) is 0 Å². The molecule has 126 valence electrons. The Morgan fingerprint density at radius 1 is 0.958 bits per heavy atom. The third-order valence-corrected chi connectivity index (χ3v) is 3.01. The Bertz CT molecular complexity index is 869. The molecular weight excluding hydrogens is 306 g/mol. The van der Waals surface area contributed by atoms with Gasteiger partial charge in [0, 0.05) is 6.20 Å². The van der Waals surface area contributed by atoms with E-state index in [1.54, 1.807) is 4.40 Å². The molecule has 2 rings (SSSR count). The fourth-order valence-electron chi connectivity index (χ4n) is 2.20. The highest BCUT2D eigenvalue weighted by Crippen LogP contribution is 2.46. The highest BCUT2D eigenvalue weighted by Gasteiger charge is 2.29. The van der Waals surface area contributed by atoms with Crippen LogP contribution in [0.25, 0.3) is 5.52 Å². The van der Waals surface area contributed by atoms with E-state index in [4.69, 9.17) is 9.47 Å². The number of nitriles is 2. The monoisotopic (exact) mass is 327 g/mol. The Morgan fingerprint density at radius 3 is 1.96 bits per heavy atom. The van der Waals surface area contributed by atoms with Gasteiger partial charge in [0.25, 0.3) is 0 Å². The van der Waals surface area contributed by atoms with Crippen LogP contribution < -0.4 is 9.47 Å². The van der Waals surface area contributed by atoms with Crippen molar-refractivity contribution in [1.29, 1.82) is 10.5 Å². The van der Waals surface area contributed by atoms with Crippen molar-refractivity contribution in [3.05, 3.63) is 23.4 Å². The van der Waals surface area contributed by atoms with E-state index in [1.807, 2.05) is 53.7 Å². The zero-order valence-corrected chi connectivity index (χ0v) is 14.8. The molecule has 0 amide bonds. The lowest BCUT2D eigenvalue weighted by Gasteiger charge is -2.25. The molecule has 0 aliphatic carbocycles. The maximum absolute atomic E-state index is 10.6. The zero-order valence-electron chi connectivity index (χ0n) is 14.8. The van der Waals surface area contributed by atoms with Crippen molar-refractivity contribution in [2.75, 3.05) is 0 Å². The number of aromatic nitrogens is 1. The predicted molar refractivity (Wildman–Crippen MR) is 89.3 cm³/mol. The van der Waals surface area contributed by atoms with E-state index in [2.05, 4.69) is 0 Å². The summed E-state index contributed by atoms with van der Waals surface area (Å²) < 4.78 is 13.4. The minimum Gasteiger partial charge on any atom is -0.503 e. The summed E-state index contributed by atoms with van der Waals surface area (Å²) in [5.74, 6) is 0.368. The summed E-state index contributed by atoms with van der Waals surface area (Å²) in [6.07, 6.45) is 1.48. The molecule has 0 atom stereocenters. The quantitative estimate of drug-likeness (QED) is 0.907. The Hall–Kier alpha value is -2.86. The van der Waals surface area contributed by atoms with Crippen LogP contribution >= 0.6 is 0 Å². The first kappa shape index (κ1) is 17.5. The van der Waals surface area contributed by atoms with Crippen molar-refractivity contribution < 1.29 is 14.6 Å². The summed E-state index contributed by atoms with van der Waals surface area (Å²) in [6.45, 7) is 11.2. The largest absolute Gasteiger partial charge is 0.503 e. The predicted octanol–water partition coefficient (Wildman–Crippen LogP) is 3.74. The lowest BCUT2D eigenvalue weighted by Crippen LogP contribution is -2.26. The first-order valence-corrected chi connectivity index (χ1v) is 7.56. The molecule has 6 heteroatoms. The molecule has 6 nitrogen and oxygen atoms in total. The number of rotatable bonds is 2. The van der Waals surface area contributed by atoms with Gasteiger partial charge in [-0.2, -0.15) is 10.5 Å². The molecule has 0 aliphatic heterocycles. The first-order valence-electron chi connectivity index (χ1n) is 7.56.